The van der Waals surface area contributed by atoms with Gasteiger partial charge in [-0.1, -0.05) is 13.8 Å². The fourth-order valence-corrected chi connectivity index (χ4v) is 3.86. The molecule has 1 aromatic carbocycles. The van der Waals surface area contributed by atoms with Gasteiger partial charge >= 0.3 is 5.97 Å². The predicted octanol–water partition coefficient (Wildman–Crippen LogP) is 3.56. The van der Waals surface area contributed by atoms with Crippen LogP contribution in [-0.4, -0.2) is 30.6 Å². The molecule has 1 aliphatic heterocycles. The van der Waals surface area contributed by atoms with Crippen LogP contribution in [-0.2, 0) is 4.74 Å². The van der Waals surface area contributed by atoms with Gasteiger partial charge in [-0.05, 0) is 35.8 Å². The van der Waals surface area contributed by atoms with Crippen molar-refractivity contribution in [2.45, 2.75) is 26.3 Å². The highest BCUT2D eigenvalue weighted by Gasteiger charge is 2.32. The minimum atomic E-state index is -0.650. The number of nitrogens with one attached hydrogen (secondary N) is 1. The standard InChI is InChI=1S/C15H20FNO2S/c1-15(2)6-7-20-9-13(15)17-10-4-5-12(16)11(8-10)14(18)19-3/h4-5,8,13,17H,6-7,9H2,1-3H3. The van der Waals surface area contributed by atoms with Gasteiger partial charge in [0.15, 0.2) is 0 Å². The highest BCUT2D eigenvalue weighted by Crippen LogP contribution is 2.36. The summed E-state index contributed by atoms with van der Waals surface area (Å²) in [7, 11) is 1.25. The summed E-state index contributed by atoms with van der Waals surface area (Å²) < 4.78 is 18.2. The summed E-state index contributed by atoms with van der Waals surface area (Å²) in [5.41, 5.74) is 0.913. The Bertz CT molecular complexity index is 505. The Hall–Kier alpha value is -1.23. The van der Waals surface area contributed by atoms with Crippen molar-refractivity contribution in [3.8, 4) is 0 Å². The van der Waals surface area contributed by atoms with Gasteiger partial charge in [0.05, 0.1) is 12.7 Å². The molecule has 20 heavy (non-hydrogen) atoms. The molecule has 1 heterocycles. The second kappa shape index (κ2) is 6.04. The molecule has 0 radical (unpaired) electrons. The number of hydrogen-bond donors (Lipinski definition) is 1. The maximum atomic E-state index is 13.6. The smallest absolute Gasteiger partial charge is 0.340 e. The van der Waals surface area contributed by atoms with E-state index in [1.165, 1.54) is 25.0 Å². The highest BCUT2D eigenvalue weighted by atomic mass is 32.2. The van der Waals surface area contributed by atoms with Crippen molar-refractivity contribution in [1.82, 2.24) is 0 Å². The van der Waals surface area contributed by atoms with Crippen LogP contribution in [0.5, 0.6) is 0 Å². The molecule has 0 bridgehead atoms. The van der Waals surface area contributed by atoms with Crippen LogP contribution >= 0.6 is 11.8 Å². The van der Waals surface area contributed by atoms with E-state index in [2.05, 4.69) is 23.9 Å². The van der Waals surface area contributed by atoms with E-state index in [9.17, 15) is 9.18 Å². The Labute approximate surface area is 123 Å². The molecule has 0 saturated carbocycles. The van der Waals surface area contributed by atoms with E-state index in [-0.39, 0.29) is 11.0 Å². The average molecular weight is 297 g/mol. The first-order valence-corrected chi connectivity index (χ1v) is 7.81. The van der Waals surface area contributed by atoms with E-state index in [1.807, 2.05) is 11.8 Å². The molecule has 0 aromatic heterocycles. The molecular weight excluding hydrogens is 277 g/mol. The summed E-state index contributed by atoms with van der Waals surface area (Å²) in [5.74, 6) is 0.975. The maximum Gasteiger partial charge on any atom is 0.340 e. The molecule has 0 amide bonds. The van der Waals surface area contributed by atoms with Crippen molar-refractivity contribution in [1.29, 1.82) is 0 Å². The molecule has 0 spiro atoms. The van der Waals surface area contributed by atoms with Crippen molar-refractivity contribution in [3.05, 3.63) is 29.6 Å². The topological polar surface area (TPSA) is 38.3 Å². The summed E-state index contributed by atoms with van der Waals surface area (Å²) in [5, 5.41) is 3.42. The Morgan fingerprint density at radius 2 is 2.25 bits per heavy atom. The van der Waals surface area contributed by atoms with Crippen LogP contribution in [0.4, 0.5) is 10.1 Å². The zero-order valence-corrected chi connectivity index (χ0v) is 12.8. The van der Waals surface area contributed by atoms with Gasteiger partial charge in [0.25, 0.3) is 0 Å². The largest absolute Gasteiger partial charge is 0.465 e. The van der Waals surface area contributed by atoms with Gasteiger partial charge in [0.1, 0.15) is 5.82 Å². The van der Waals surface area contributed by atoms with Crippen molar-refractivity contribution < 1.29 is 13.9 Å². The van der Waals surface area contributed by atoms with Gasteiger partial charge < -0.3 is 10.1 Å². The van der Waals surface area contributed by atoms with E-state index in [1.54, 1.807) is 6.07 Å². The molecular formula is C15H20FNO2S. The second-order valence-corrected chi connectivity index (χ2v) is 6.85. The minimum Gasteiger partial charge on any atom is -0.465 e. The Morgan fingerprint density at radius 1 is 1.50 bits per heavy atom. The number of rotatable bonds is 3. The number of anilines is 1. The zero-order chi connectivity index (χ0) is 14.8. The summed E-state index contributed by atoms with van der Waals surface area (Å²) in [4.78, 5) is 11.5. The lowest BCUT2D eigenvalue weighted by Gasteiger charge is -2.39. The fraction of sp³-hybridized carbons (Fsp3) is 0.533. The minimum absolute atomic E-state index is 0.0289. The molecule has 1 saturated heterocycles. The Morgan fingerprint density at radius 3 is 2.90 bits per heavy atom. The highest BCUT2D eigenvalue weighted by molar-refractivity contribution is 7.99. The van der Waals surface area contributed by atoms with E-state index < -0.39 is 11.8 Å². The average Bonchev–Trinajstić information content (AvgIpc) is 2.42. The van der Waals surface area contributed by atoms with Crippen LogP contribution in [0.15, 0.2) is 18.2 Å². The number of hydrogen-bond acceptors (Lipinski definition) is 4. The molecule has 1 unspecified atom stereocenters. The maximum absolute atomic E-state index is 13.6. The third-order valence-electron chi connectivity index (χ3n) is 3.83. The number of methoxy groups -OCH3 is 1. The van der Waals surface area contributed by atoms with Gasteiger partial charge in [-0.3, -0.25) is 0 Å². The summed E-state index contributed by atoms with van der Waals surface area (Å²) >= 11 is 1.91. The van der Waals surface area contributed by atoms with Crippen LogP contribution in [0.1, 0.15) is 30.6 Å². The second-order valence-electron chi connectivity index (χ2n) is 5.70. The van der Waals surface area contributed by atoms with Gasteiger partial charge in [0, 0.05) is 17.5 Å². The van der Waals surface area contributed by atoms with E-state index in [0.717, 1.165) is 17.9 Å². The van der Waals surface area contributed by atoms with Crippen molar-refractivity contribution in [2.24, 2.45) is 5.41 Å². The number of carbonyl (C=O) groups excluding carboxylic acids is 1. The lowest BCUT2D eigenvalue weighted by atomic mass is 9.82. The lowest BCUT2D eigenvalue weighted by molar-refractivity contribution is 0.0595. The first kappa shape index (κ1) is 15.2. The number of thioether (sulfide) groups is 1. The van der Waals surface area contributed by atoms with Crippen LogP contribution in [0, 0.1) is 11.2 Å². The Kier molecular flexibility index (Phi) is 4.58. The third-order valence-corrected chi connectivity index (χ3v) is 4.89. The number of benzene rings is 1. The summed E-state index contributed by atoms with van der Waals surface area (Å²) in [6.07, 6.45) is 1.14. The zero-order valence-electron chi connectivity index (χ0n) is 12.0. The van der Waals surface area contributed by atoms with E-state index in [4.69, 9.17) is 0 Å². The number of ether oxygens (including phenoxy) is 1. The molecule has 1 N–H and O–H groups in total. The number of esters is 1. The monoisotopic (exact) mass is 297 g/mol. The summed E-state index contributed by atoms with van der Waals surface area (Å²) in [6.45, 7) is 4.46. The molecule has 0 aliphatic carbocycles. The first-order chi connectivity index (χ1) is 9.44. The quantitative estimate of drug-likeness (QED) is 0.866. The molecule has 3 nitrogen and oxygen atoms in total. The molecule has 5 heteroatoms. The molecule has 110 valence electrons. The molecule has 1 aliphatic rings. The molecule has 1 atom stereocenters. The lowest BCUT2D eigenvalue weighted by Crippen LogP contribution is -2.41. The van der Waals surface area contributed by atoms with Crippen LogP contribution in [0.3, 0.4) is 0 Å². The van der Waals surface area contributed by atoms with Gasteiger partial charge in [0.2, 0.25) is 0 Å². The van der Waals surface area contributed by atoms with Crippen LogP contribution in [0.25, 0.3) is 0 Å². The van der Waals surface area contributed by atoms with Crippen molar-refractivity contribution >= 4 is 23.4 Å². The van der Waals surface area contributed by atoms with Crippen molar-refractivity contribution in [3.63, 3.8) is 0 Å². The third kappa shape index (κ3) is 3.26. The fourth-order valence-electron chi connectivity index (χ4n) is 2.26. The van der Waals surface area contributed by atoms with Crippen LogP contribution < -0.4 is 5.32 Å². The van der Waals surface area contributed by atoms with E-state index in [0.29, 0.717) is 6.04 Å². The van der Waals surface area contributed by atoms with Crippen LogP contribution in [0.2, 0.25) is 0 Å². The SMILES string of the molecule is COC(=O)c1cc(NC2CSCCC2(C)C)ccc1F. The van der Waals surface area contributed by atoms with E-state index >= 15 is 0 Å². The summed E-state index contributed by atoms with van der Waals surface area (Å²) in [6, 6.07) is 4.79. The normalized spacial score (nSPS) is 21.3. The van der Waals surface area contributed by atoms with Crippen molar-refractivity contribution in [2.75, 3.05) is 23.9 Å². The Balaban J connectivity index is 2.19. The molecule has 1 fully saturated rings. The number of halogens is 1. The number of carbonyl (C=O) groups is 1. The molecule has 2 rings (SSSR count). The molecule has 1 aromatic rings. The van der Waals surface area contributed by atoms with Gasteiger partial charge in [-0.15, -0.1) is 0 Å². The first-order valence-electron chi connectivity index (χ1n) is 6.66. The predicted molar refractivity (Wildman–Crippen MR) is 80.9 cm³/mol. The van der Waals surface area contributed by atoms with Gasteiger partial charge in [-0.25, -0.2) is 9.18 Å². The van der Waals surface area contributed by atoms with Gasteiger partial charge in [-0.2, -0.15) is 11.8 Å².